The van der Waals surface area contributed by atoms with Crippen molar-refractivity contribution in [2.45, 2.75) is 58.8 Å². The number of aryl methyl sites for hydroxylation is 2. The highest BCUT2D eigenvalue weighted by Crippen LogP contribution is 2.29. The number of rotatable bonds is 8. The fraction of sp³-hybridized carbons (Fsp3) is 0.481. The number of hydrogen-bond acceptors (Lipinski definition) is 6. The van der Waals surface area contributed by atoms with Crippen LogP contribution in [0, 0.1) is 12.8 Å². The molecule has 3 heterocycles. The largest absolute Gasteiger partial charge is 0.480 e. The first kappa shape index (κ1) is 29.3. The third kappa shape index (κ3) is 6.25. The Morgan fingerprint density at radius 3 is 2.63 bits per heavy atom. The zero-order valence-corrected chi connectivity index (χ0v) is 23.0. The van der Waals surface area contributed by atoms with Crippen molar-refractivity contribution in [3.05, 3.63) is 51.9 Å². The maximum atomic E-state index is 12.3. The number of aliphatic hydroxyl groups excluding tert-OH is 1. The number of carboxylic acid groups (broad SMARTS) is 1. The molecule has 1 aromatic carbocycles. The first-order valence-corrected chi connectivity index (χ1v) is 12.6. The lowest BCUT2D eigenvalue weighted by atomic mass is 9.97. The molecule has 3 aromatic rings. The summed E-state index contributed by atoms with van der Waals surface area (Å²) in [6, 6.07) is 6.55. The number of aliphatic carboxylic acids is 1. The predicted octanol–water partition coefficient (Wildman–Crippen LogP) is 2.31. The van der Waals surface area contributed by atoms with E-state index in [0.717, 1.165) is 47.4 Å². The molecule has 1 unspecified atom stereocenters. The Bertz CT molecular complexity index is 1360. The highest BCUT2D eigenvalue weighted by molar-refractivity contribution is 5.85. The monoisotopic (exact) mass is 545 g/mol. The van der Waals surface area contributed by atoms with E-state index < -0.39 is 18.1 Å². The van der Waals surface area contributed by atoms with Crippen molar-refractivity contribution in [1.29, 1.82) is 0 Å². The highest BCUT2D eigenvalue weighted by Gasteiger charge is 2.25. The summed E-state index contributed by atoms with van der Waals surface area (Å²) in [4.78, 5) is 42.6. The number of piperidine rings is 1. The van der Waals surface area contributed by atoms with E-state index in [4.69, 9.17) is 4.98 Å². The molecule has 1 aliphatic heterocycles. The third-order valence-electron chi connectivity index (χ3n) is 7.11. The molecule has 4 rings (SSSR count). The van der Waals surface area contributed by atoms with Gasteiger partial charge in [-0.25, -0.2) is 4.98 Å². The second kappa shape index (κ2) is 12.1. The Hall–Kier alpha value is -3.21. The van der Waals surface area contributed by atoms with Gasteiger partial charge in [0.1, 0.15) is 11.9 Å². The standard InChI is InChI=1S/C27H35N5O5.ClH/c1-16-10-21(15-30(4)26(16)35)25-29-22-8-7-19(12-28-24(17(2)33)27(36)37)11-23(22)32(25)14-20-6-5-9-31(13-20)18(3)34;/h7-8,10-11,15,17,20,24,28,33H,5-6,9,12-14H2,1-4H3,(H,36,37);1H/t17-,20?,24+;/m1./s1. The number of carbonyl (C=O) groups excluding carboxylic acids is 1. The summed E-state index contributed by atoms with van der Waals surface area (Å²) in [5.74, 6) is -0.0451. The summed E-state index contributed by atoms with van der Waals surface area (Å²) in [5.41, 5.74) is 3.93. The van der Waals surface area contributed by atoms with E-state index in [1.165, 1.54) is 6.92 Å². The number of pyridine rings is 1. The van der Waals surface area contributed by atoms with E-state index >= 15 is 0 Å². The number of halogens is 1. The number of benzene rings is 1. The Kier molecular flexibility index (Phi) is 9.35. The van der Waals surface area contributed by atoms with Crippen LogP contribution >= 0.6 is 12.4 Å². The van der Waals surface area contributed by atoms with Crippen LogP contribution < -0.4 is 10.9 Å². The molecule has 0 bridgehead atoms. The zero-order chi connectivity index (χ0) is 26.9. The van der Waals surface area contributed by atoms with Crippen LogP contribution in [0.4, 0.5) is 0 Å². The van der Waals surface area contributed by atoms with E-state index in [1.807, 2.05) is 29.2 Å². The van der Waals surface area contributed by atoms with Gasteiger partial charge in [-0.2, -0.15) is 0 Å². The fourth-order valence-electron chi connectivity index (χ4n) is 5.13. The van der Waals surface area contributed by atoms with E-state index in [-0.39, 0.29) is 36.3 Å². The van der Waals surface area contributed by atoms with Gasteiger partial charge in [-0.15, -0.1) is 12.4 Å². The van der Waals surface area contributed by atoms with Gasteiger partial charge in [0.2, 0.25) is 5.91 Å². The van der Waals surface area contributed by atoms with Crippen LogP contribution in [0.15, 0.2) is 35.3 Å². The lowest BCUT2D eigenvalue weighted by molar-refractivity contribution is -0.142. The SMILES string of the molecule is CC(=O)N1CCCC(Cn2c(-c3cc(C)c(=O)n(C)c3)nc3ccc(CN[C@H](C(=O)O)[C@@H](C)O)cc32)C1.Cl. The number of nitrogens with zero attached hydrogens (tertiary/aromatic N) is 4. The first-order valence-electron chi connectivity index (χ1n) is 12.6. The number of fused-ring (bicyclic) bond motifs is 1. The minimum absolute atomic E-state index is 0. The van der Waals surface area contributed by atoms with Gasteiger partial charge >= 0.3 is 5.97 Å². The molecule has 38 heavy (non-hydrogen) atoms. The molecule has 0 saturated carbocycles. The molecule has 0 aliphatic carbocycles. The van der Waals surface area contributed by atoms with Gasteiger partial charge in [-0.3, -0.25) is 19.7 Å². The third-order valence-corrected chi connectivity index (χ3v) is 7.11. The summed E-state index contributed by atoms with van der Waals surface area (Å²) in [7, 11) is 1.72. The van der Waals surface area contributed by atoms with Crippen LogP contribution in [0.2, 0.25) is 0 Å². The predicted molar refractivity (Wildman–Crippen MR) is 147 cm³/mol. The van der Waals surface area contributed by atoms with Crippen LogP contribution in [-0.4, -0.2) is 66.3 Å². The maximum absolute atomic E-state index is 12.3. The van der Waals surface area contributed by atoms with Crippen LogP contribution in [-0.2, 0) is 29.7 Å². The smallest absolute Gasteiger partial charge is 0.323 e. The van der Waals surface area contributed by atoms with E-state index in [1.54, 1.807) is 31.7 Å². The average Bonchev–Trinajstić information content (AvgIpc) is 3.19. The Balaban J connectivity index is 0.00000400. The van der Waals surface area contributed by atoms with Crippen LogP contribution in [0.25, 0.3) is 22.4 Å². The summed E-state index contributed by atoms with van der Waals surface area (Å²) >= 11 is 0. The molecule has 1 saturated heterocycles. The molecule has 1 amide bonds. The molecular weight excluding hydrogens is 510 g/mol. The summed E-state index contributed by atoms with van der Waals surface area (Å²) in [6.07, 6.45) is 2.68. The second-order valence-electron chi connectivity index (χ2n) is 10.1. The quantitative estimate of drug-likeness (QED) is 0.396. The Labute approximate surface area is 227 Å². The van der Waals surface area contributed by atoms with Gasteiger partial charge in [0.25, 0.3) is 5.56 Å². The van der Waals surface area contributed by atoms with Crippen molar-refractivity contribution in [3.8, 4) is 11.4 Å². The van der Waals surface area contributed by atoms with Crippen molar-refractivity contribution < 1.29 is 19.8 Å². The second-order valence-corrected chi connectivity index (χ2v) is 10.1. The topological polar surface area (TPSA) is 130 Å². The van der Waals surface area contributed by atoms with Gasteiger partial charge < -0.3 is 24.2 Å². The lowest BCUT2D eigenvalue weighted by Crippen LogP contribution is -2.44. The molecule has 10 nitrogen and oxygen atoms in total. The minimum atomic E-state index is -1.11. The molecule has 11 heteroatoms. The van der Waals surface area contributed by atoms with E-state index in [2.05, 4.69) is 9.88 Å². The Morgan fingerprint density at radius 1 is 1.26 bits per heavy atom. The van der Waals surface area contributed by atoms with Crippen molar-refractivity contribution >= 4 is 35.3 Å². The van der Waals surface area contributed by atoms with Gasteiger partial charge in [0, 0.05) is 57.5 Å². The van der Waals surface area contributed by atoms with E-state index in [0.29, 0.717) is 18.7 Å². The molecular formula is C27H36ClN5O5. The van der Waals surface area contributed by atoms with Crippen molar-refractivity contribution in [3.63, 3.8) is 0 Å². The first-order chi connectivity index (χ1) is 17.5. The van der Waals surface area contributed by atoms with Gasteiger partial charge in [-0.05, 0) is 56.4 Å². The number of carboxylic acids is 1. The minimum Gasteiger partial charge on any atom is -0.480 e. The number of aliphatic hydroxyl groups is 1. The van der Waals surface area contributed by atoms with Gasteiger partial charge in [-0.1, -0.05) is 6.07 Å². The van der Waals surface area contributed by atoms with Crippen molar-refractivity contribution in [1.82, 2.24) is 24.3 Å². The number of nitrogens with one attached hydrogen (secondary N) is 1. The normalized spacial score (nSPS) is 17.2. The average molecular weight is 546 g/mol. The Morgan fingerprint density at radius 2 is 2.00 bits per heavy atom. The zero-order valence-electron chi connectivity index (χ0n) is 22.2. The number of hydrogen-bond donors (Lipinski definition) is 3. The molecule has 2 aromatic heterocycles. The van der Waals surface area contributed by atoms with Gasteiger partial charge in [0.05, 0.1) is 17.1 Å². The number of amides is 1. The fourth-order valence-corrected chi connectivity index (χ4v) is 5.13. The number of imidazole rings is 1. The lowest BCUT2D eigenvalue weighted by Gasteiger charge is -2.32. The van der Waals surface area contributed by atoms with Crippen LogP contribution in [0.5, 0.6) is 0 Å². The summed E-state index contributed by atoms with van der Waals surface area (Å²) in [5, 5.41) is 22.1. The molecule has 0 radical (unpaired) electrons. The summed E-state index contributed by atoms with van der Waals surface area (Å²) < 4.78 is 3.71. The van der Waals surface area contributed by atoms with Gasteiger partial charge in [0.15, 0.2) is 0 Å². The molecule has 1 fully saturated rings. The number of aromatic nitrogens is 3. The molecule has 3 N–H and O–H groups in total. The van der Waals surface area contributed by atoms with Crippen LogP contribution in [0.1, 0.15) is 37.8 Å². The number of likely N-dealkylation sites (tertiary alicyclic amines) is 1. The highest BCUT2D eigenvalue weighted by atomic mass is 35.5. The summed E-state index contributed by atoms with van der Waals surface area (Å²) in [6.45, 7) is 7.20. The number of carbonyl (C=O) groups is 2. The van der Waals surface area contributed by atoms with E-state index in [9.17, 15) is 24.6 Å². The van der Waals surface area contributed by atoms with Crippen molar-refractivity contribution in [2.75, 3.05) is 13.1 Å². The molecule has 0 spiro atoms. The van der Waals surface area contributed by atoms with Crippen LogP contribution in [0.3, 0.4) is 0 Å². The van der Waals surface area contributed by atoms with Crippen molar-refractivity contribution in [2.24, 2.45) is 13.0 Å². The molecule has 1 aliphatic rings. The maximum Gasteiger partial charge on any atom is 0.323 e. The molecule has 206 valence electrons. The molecule has 3 atom stereocenters.